The Morgan fingerprint density at radius 2 is 1.95 bits per heavy atom. The van der Waals surface area contributed by atoms with Crippen molar-refractivity contribution in [3.63, 3.8) is 0 Å². The number of hydrazine groups is 1. The van der Waals surface area contributed by atoms with Crippen molar-refractivity contribution < 1.29 is 4.74 Å². The Morgan fingerprint density at radius 3 is 2.55 bits per heavy atom. The lowest BCUT2D eigenvalue weighted by Gasteiger charge is -2.19. The molecule has 0 bridgehead atoms. The lowest BCUT2D eigenvalue weighted by molar-refractivity contribution is 0.414. The van der Waals surface area contributed by atoms with E-state index in [2.05, 4.69) is 15.4 Å². The summed E-state index contributed by atoms with van der Waals surface area (Å²) in [6, 6.07) is 9.58. The number of anilines is 3. The molecule has 5 N–H and O–H groups in total. The van der Waals surface area contributed by atoms with Crippen LogP contribution in [0.4, 0.5) is 17.6 Å². The molecule has 2 aromatic rings. The van der Waals surface area contributed by atoms with E-state index in [1.54, 1.807) is 13.2 Å². The highest BCUT2D eigenvalue weighted by Crippen LogP contribution is 2.18. The van der Waals surface area contributed by atoms with E-state index in [1.165, 1.54) is 0 Å². The van der Waals surface area contributed by atoms with Crippen LogP contribution in [0.1, 0.15) is 5.56 Å². The average molecular weight is 274 g/mol. The molecule has 0 spiro atoms. The van der Waals surface area contributed by atoms with Gasteiger partial charge in [0.2, 0.25) is 5.95 Å². The van der Waals surface area contributed by atoms with Crippen molar-refractivity contribution in [1.29, 1.82) is 0 Å². The van der Waals surface area contributed by atoms with Crippen molar-refractivity contribution in [3.05, 3.63) is 35.9 Å². The number of ether oxygens (including phenoxy) is 1. The largest absolute Gasteiger partial charge is 0.497 e. The predicted molar refractivity (Wildman–Crippen MR) is 79.4 cm³/mol. The molecule has 20 heavy (non-hydrogen) atoms. The Labute approximate surface area is 117 Å². The first-order valence-corrected chi connectivity index (χ1v) is 6.07. The van der Waals surface area contributed by atoms with E-state index in [-0.39, 0.29) is 5.95 Å². The molecule has 1 aromatic heterocycles. The third kappa shape index (κ3) is 3.27. The molecule has 0 unspecified atom stereocenters. The van der Waals surface area contributed by atoms with Crippen molar-refractivity contribution in [2.24, 2.45) is 5.84 Å². The molecule has 7 nitrogen and oxygen atoms in total. The van der Waals surface area contributed by atoms with Crippen molar-refractivity contribution in [3.8, 4) is 5.75 Å². The molecule has 7 heteroatoms. The fourth-order valence-corrected chi connectivity index (χ4v) is 1.81. The quantitative estimate of drug-likeness (QED) is 0.552. The smallest absolute Gasteiger partial charge is 0.223 e. The standard InChI is InChI=1S/C13H18N6O/c1-19(8-9-3-5-10(20-2)6-4-9)12-7-11(18-15)16-13(14)17-12/h3-7H,8,15H2,1-2H3,(H3,14,16,17,18). The molecule has 106 valence electrons. The highest BCUT2D eigenvalue weighted by atomic mass is 16.5. The lowest BCUT2D eigenvalue weighted by atomic mass is 10.2. The van der Waals surface area contributed by atoms with Crippen molar-refractivity contribution in [1.82, 2.24) is 9.97 Å². The summed E-state index contributed by atoms with van der Waals surface area (Å²) >= 11 is 0. The van der Waals surface area contributed by atoms with Gasteiger partial charge in [-0.25, -0.2) is 5.84 Å². The van der Waals surface area contributed by atoms with Crippen molar-refractivity contribution >= 4 is 17.6 Å². The summed E-state index contributed by atoms with van der Waals surface area (Å²) in [6.45, 7) is 0.685. The van der Waals surface area contributed by atoms with Gasteiger partial charge in [0.05, 0.1) is 7.11 Å². The number of nitrogen functional groups attached to an aromatic ring is 2. The number of nitrogens with one attached hydrogen (secondary N) is 1. The molecule has 0 aliphatic carbocycles. The molecule has 2 rings (SSSR count). The first-order chi connectivity index (χ1) is 9.62. The zero-order valence-corrected chi connectivity index (χ0v) is 11.5. The number of hydrogen-bond acceptors (Lipinski definition) is 7. The first-order valence-electron chi connectivity index (χ1n) is 6.07. The van der Waals surface area contributed by atoms with Crippen LogP contribution in [0.25, 0.3) is 0 Å². The SMILES string of the molecule is COc1ccc(CN(C)c2cc(NN)nc(N)n2)cc1. The fraction of sp³-hybridized carbons (Fsp3) is 0.231. The van der Waals surface area contributed by atoms with Crippen LogP contribution in [0.15, 0.2) is 30.3 Å². The lowest BCUT2D eigenvalue weighted by Crippen LogP contribution is -2.19. The second-order valence-corrected chi connectivity index (χ2v) is 4.32. The molecule has 0 atom stereocenters. The molecule has 0 saturated carbocycles. The summed E-state index contributed by atoms with van der Waals surface area (Å²) in [7, 11) is 3.57. The minimum atomic E-state index is 0.178. The van der Waals surface area contributed by atoms with Gasteiger partial charge in [-0.15, -0.1) is 0 Å². The van der Waals surface area contributed by atoms with E-state index in [1.807, 2.05) is 36.2 Å². The normalized spacial score (nSPS) is 10.2. The molecular formula is C13H18N6O. The molecule has 1 aromatic carbocycles. The molecule has 0 amide bonds. The van der Waals surface area contributed by atoms with Gasteiger partial charge in [0.25, 0.3) is 0 Å². The Morgan fingerprint density at radius 1 is 1.25 bits per heavy atom. The zero-order chi connectivity index (χ0) is 14.5. The van der Waals surface area contributed by atoms with Crippen LogP contribution >= 0.6 is 0 Å². The number of benzene rings is 1. The molecular weight excluding hydrogens is 256 g/mol. The first kappa shape index (κ1) is 13.9. The monoisotopic (exact) mass is 274 g/mol. The maximum absolute atomic E-state index is 5.64. The van der Waals surface area contributed by atoms with Gasteiger partial charge in [0.15, 0.2) is 0 Å². The summed E-state index contributed by atoms with van der Waals surface area (Å²) in [5.74, 6) is 7.53. The van der Waals surface area contributed by atoms with Crippen LogP contribution in [0, 0.1) is 0 Å². The average Bonchev–Trinajstić information content (AvgIpc) is 2.47. The number of rotatable bonds is 5. The second-order valence-electron chi connectivity index (χ2n) is 4.32. The number of hydrogen-bond donors (Lipinski definition) is 3. The van der Waals surface area contributed by atoms with E-state index >= 15 is 0 Å². The van der Waals surface area contributed by atoms with Crippen LogP contribution in [0.2, 0.25) is 0 Å². The highest BCUT2D eigenvalue weighted by molar-refractivity contribution is 5.52. The maximum atomic E-state index is 5.64. The van der Waals surface area contributed by atoms with Crippen LogP contribution in [-0.4, -0.2) is 24.1 Å². The number of aromatic nitrogens is 2. The van der Waals surface area contributed by atoms with E-state index in [0.717, 1.165) is 11.3 Å². The minimum absolute atomic E-state index is 0.178. The Bertz CT molecular complexity index is 572. The van der Waals surface area contributed by atoms with Gasteiger partial charge >= 0.3 is 0 Å². The van der Waals surface area contributed by atoms with Crippen molar-refractivity contribution in [2.75, 3.05) is 30.2 Å². The summed E-state index contributed by atoms with van der Waals surface area (Å²) in [5, 5.41) is 0. The predicted octanol–water partition coefficient (Wildman–Crippen LogP) is 0.989. The van der Waals surface area contributed by atoms with Gasteiger partial charge in [0, 0.05) is 19.7 Å². The number of nitrogens with zero attached hydrogens (tertiary/aromatic N) is 3. The fourth-order valence-electron chi connectivity index (χ4n) is 1.81. The van der Waals surface area contributed by atoms with Gasteiger partial charge in [-0.2, -0.15) is 9.97 Å². The van der Waals surface area contributed by atoms with Crippen molar-refractivity contribution in [2.45, 2.75) is 6.54 Å². The Hall–Kier alpha value is -2.54. The topological polar surface area (TPSA) is 102 Å². The minimum Gasteiger partial charge on any atom is -0.497 e. The third-order valence-corrected chi connectivity index (χ3v) is 2.85. The maximum Gasteiger partial charge on any atom is 0.223 e. The Kier molecular flexibility index (Phi) is 4.21. The van der Waals surface area contributed by atoms with Crippen LogP contribution in [-0.2, 0) is 6.54 Å². The Balaban J connectivity index is 2.14. The van der Waals surface area contributed by atoms with E-state index in [9.17, 15) is 0 Å². The van der Waals surface area contributed by atoms with Gasteiger partial charge < -0.3 is 20.8 Å². The van der Waals surface area contributed by atoms with E-state index in [4.69, 9.17) is 16.3 Å². The molecule has 0 fully saturated rings. The molecule has 0 aliphatic heterocycles. The molecule has 0 saturated heterocycles. The van der Waals surface area contributed by atoms with Crippen LogP contribution in [0.3, 0.4) is 0 Å². The van der Waals surface area contributed by atoms with Crippen LogP contribution < -0.4 is 26.6 Å². The zero-order valence-electron chi connectivity index (χ0n) is 11.5. The number of nitrogens with two attached hydrogens (primary N) is 2. The van der Waals surface area contributed by atoms with Gasteiger partial charge in [-0.3, -0.25) is 0 Å². The third-order valence-electron chi connectivity index (χ3n) is 2.85. The summed E-state index contributed by atoms with van der Waals surface area (Å²) < 4.78 is 5.13. The summed E-state index contributed by atoms with van der Waals surface area (Å²) in [5.41, 5.74) is 9.24. The molecule has 0 aliphatic rings. The summed E-state index contributed by atoms with van der Waals surface area (Å²) in [6.07, 6.45) is 0. The van der Waals surface area contributed by atoms with Gasteiger partial charge in [0.1, 0.15) is 17.4 Å². The second kappa shape index (κ2) is 6.07. The number of methoxy groups -OCH3 is 1. The van der Waals surface area contributed by atoms with E-state index < -0.39 is 0 Å². The van der Waals surface area contributed by atoms with Crippen LogP contribution in [0.5, 0.6) is 5.75 Å². The highest BCUT2D eigenvalue weighted by Gasteiger charge is 2.07. The van der Waals surface area contributed by atoms with E-state index in [0.29, 0.717) is 18.2 Å². The molecule has 1 heterocycles. The van der Waals surface area contributed by atoms with Gasteiger partial charge in [-0.1, -0.05) is 12.1 Å². The van der Waals surface area contributed by atoms with Gasteiger partial charge in [-0.05, 0) is 17.7 Å². The summed E-state index contributed by atoms with van der Waals surface area (Å²) in [4.78, 5) is 10.1. The molecule has 0 radical (unpaired) electrons.